The van der Waals surface area contributed by atoms with Gasteiger partial charge in [0.1, 0.15) is 0 Å². The number of rotatable bonds is 3. The molecule has 0 saturated heterocycles. The number of nitrogens with one attached hydrogen (secondary N) is 1. The summed E-state index contributed by atoms with van der Waals surface area (Å²) in [5, 5.41) is 5.87. The number of anilines is 1. The van der Waals surface area contributed by atoms with Gasteiger partial charge in [0, 0.05) is 17.4 Å². The SMILES string of the molecule is O=C(CCBr)Nc1ccc2ccccc2c1. The summed E-state index contributed by atoms with van der Waals surface area (Å²) in [4.78, 5) is 11.4. The molecular formula is C13H12BrNO. The van der Waals surface area contributed by atoms with E-state index in [9.17, 15) is 4.79 Å². The first-order chi connectivity index (χ1) is 7.79. The van der Waals surface area contributed by atoms with E-state index in [1.165, 1.54) is 5.39 Å². The summed E-state index contributed by atoms with van der Waals surface area (Å²) in [5.74, 6) is 0.0344. The van der Waals surface area contributed by atoms with E-state index in [1.54, 1.807) is 0 Å². The Labute approximate surface area is 103 Å². The highest BCUT2D eigenvalue weighted by Gasteiger charge is 2.01. The minimum absolute atomic E-state index is 0.0344. The molecule has 0 saturated carbocycles. The van der Waals surface area contributed by atoms with E-state index in [1.807, 2.05) is 36.4 Å². The molecule has 2 nitrogen and oxygen atoms in total. The van der Waals surface area contributed by atoms with Crippen molar-refractivity contribution in [1.29, 1.82) is 0 Å². The number of halogens is 1. The van der Waals surface area contributed by atoms with Crippen molar-refractivity contribution < 1.29 is 4.79 Å². The van der Waals surface area contributed by atoms with Crippen LogP contribution in [-0.2, 0) is 4.79 Å². The average Bonchev–Trinajstić information content (AvgIpc) is 2.29. The number of benzene rings is 2. The molecule has 82 valence electrons. The first-order valence-electron chi connectivity index (χ1n) is 5.14. The van der Waals surface area contributed by atoms with Crippen molar-refractivity contribution in [2.24, 2.45) is 0 Å². The molecule has 1 amide bonds. The lowest BCUT2D eigenvalue weighted by atomic mass is 10.1. The molecule has 0 unspecified atom stereocenters. The van der Waals surface area contributed by atoms with Gasteiger partial charge in [-0.15, -0.1) is 0 Å². The summed E-state index contributed by atoms with van der Waals surface area (Å²) < 4.78 is 0. The van der Waals surface area contributed by atoms with Gasteiger partial charge in [0.05, 0.1) is 0 Å². The molecule has 0 radical (unpaired) electrons. The molecule has 0 heterocycles. The molecule has 0 aliphatic carbocycles. The van der Waals surface area contributed by atoms with Gasteiger partial charge in [-0.1, -0.05) is 46.3 Å². The number of hydrogen-bond acceptors (Lipinski definition) is 1. The summed E-state index contributed by atoms with van der Waals surface area (Å²) in [5.41, 5.74) is 0.852. The quantitative estimate of drug-likeness (QED) is 0.854. The van der Waals surface area contributed by atoms with Crippen LogP contribution < -0.4 is 5.32 Å². The summed E-state index contributed by atoms with van der Waals surface area (Å²) >= 11 is 3.24. The van der Waals surface area contributed by atoms with Gasteiger partial charge < -0.3 is 5.32 Å². The van der Waals surface area contributed by atoms with Crippen LogP contribution in [0, 0.1) is 0 Å². The normalized spacial score (nSPS) is 10.3. The molecule has 0 aliphatic rings. The van der Waals surface area contributed by atoms with Crippen molar-refractivity contribution in [2.45, 2.75) is 6.42 Å². The maximum absolute atomic E-state index is 11.4. The van der Waals surface area contributed by atoms with Crippen LogP contribution >= 0.6 is 15.9 Å². The molecule has 0 atom stereocenters. The maximum Gasteiger partial charge on any atom is 0.225 e. The van der Waals surface area contributed by atoms with E-state index in [-0.39, 0.29) is 5.91 Å². The molecule has 0 fully saturated rings. The molecule has 2 aromatic carbocycles. The maximum atomic E-state index is 11.4. The van der Waals surface area contributed by atoms with Gasteiger partial charge >= 0.3 is 0 Å². The van der Waals surface area contributed by atoms with E-state index in [0.717, 1.165) is 11.1 Å². The number of hydrogen-bond donors (Lipinski definition) is 1. The van der Waals surface area contributed by atoms with Gasteiger partial charge in [-0.05, 0) is 22.9 Å². The highest BCUT2D eigenvalue weighted by Crippen LogP contribution is 2.18. The van der Waals surface area contributed by atoms with Crippen molar-refractivity contribution in [2.75, 3.05) is 10.6 Å². The Hall–Kier alpha value is -1.35. The fourth-order valence-corrected chi connectivity index (χ4v) is 1.94. The van der Waals surface area contributed by atoms with Gasteiger partial charge in [-0.2, -0.15) is 0 Å². The summed E-state index contributed by atoms with van der Waals surface area (Å²) in [6.07, 6.45) is 0.493. The van der Waals surface area contributed by atoms with Crippen LogP contribution in [0.3, 0.4) is 0 Å². The molecule has 0 bridgehead atoms. The van der Waals surface area contributed by atoms with Crippen molar-refractivity contribution >= 4 is 38.3 Å². The van der Waals surface area contributed by atoms with E-state index in [2.05, 4.69) is 27.3 Å². The average molecular weight is 278 g/mol. The third kappa shape index (κ3) is 2.61. The lowest BCUT2D eigenvalue weighted by Crippen LogP contribution is -2.11. The van der Waals surface area contributed by atoms with Crippen LogP contribution in [0.5, 0.6) is 0 Å². The smallest absolute Gasteiger partial charge is 0.225 e. The topological polar surface area (TPSA) is 29.1 Å². The van der Waals surface area contributed by atoms with Gasteiger partial charge in [-0.3, -0.25) is 4.79 Å². The molecule has 0 aliphatic heterocycles. The monoisotopic (exact) mass is 277 g/mol. The molecular weight excluding hydrogens is 266 g/mol. The second-order valence-electron chi connectivity index (χ2n) is 3.55. The summed E-state index contributed by atoms with van der Waals surface area (Å²) in [6, 6.07) is 14.0. The third-order valence-corrected chi connectivity index (χ3v) is 2.75. The number of carbonyl (C=O) groups excluding carboxylic acids is 1. The van der Waals surface area contributed by atoms with E-state index in [4.69, 9.17) is 0 Å². The predicted octanol–water partition coefficient (Wildman–Crippen LogP) is 3.56. The Balaban J connectivity index is 2.22. The van der Waals surface area contributed by atoms with E-state index >= 15 is 0 Å². The van der Waals surface area contributed by atoms with Crippen LogP contribution in [0.4, 0.5) is 5.69 Å². The van der Waals surface area contributed by atoms with Crippen molar-refractivity contribution in [3.63, 3.8) is 0 Å². The van der Waals surface area contributed by atoms with Crippen molar-refractivity contribution in [3.8, 4) is 0 Å². The third-order valence-electron chi connectivity index (χ3n) is 2.35. The Kier molecular flexibility index (Phi) is 3.57. The molecule has 2 aromatic rings. The van der Waals surface area contributed by atoms with Crippen molar-refractivity contribution in [1.82, 2.24) is 0 Å². The Bertz CT molecular complexity index is 510. The number of carbonyl (C=O) groups is 1. The highest BCUT2D eigenvalue weighted by molar-refractivity contribution is 9.09. The highest BCUT2D eigenvalue weighted by atomic mass is 79.9. The van der Waals surface area contributed by atoms with Gasteiger partial charge in [0.25, 0.3) is 0 Å². The standard InChI is InChI=1S/C13H12BrNO/c14-8-7-13(16)15-12-6-5-10-3-1-2-4-11(10)9-12/h1-6,9H,7-8H2,(H,15,16). The first kappa shape index (κ1) is 11.1. The second kappa shape index (κ2) is 5.12. The van der Waals surface area contributed by atoms with Crippen molar-refractivity contribution in [3.05, 3.63) is 42.5 Å². The largest absolute Gasteiger partial charge is 0.326 e. The molecule has 2 rings (SSSR count). The molecule has 0 aromatic heterocycles. The van der Waals surface area contributed by atoms with Gasteiger partial charge in [-0.25, -0.2) is 0 Å². The van der Waals surface area contributed by atoms with Crippen LogP contribution in [0.25, 0.3) is 10.8 Å². The van der Waals surface area contributed by atoms with Crippen LogP contribution in [0.1, 0.15) is 6.42 Å². The fourth-order valence-electron chi connectivity index (χ4n) is 1.58. The molecule has 16 heavy (non-hydrogen) atoms. The number of alkyl halides is 1. The predicted molar refractivity (Wildman–Crippen MR) is 71.0 cm³/mol. The zero-order chi connectivity index (χ0) is 11.4. The first-order valence-corrected chi connectivity index (χ1v) is 6.26. The Morgan fingerprint density at radius 3 is 2.62 bits per heavy atom. The van der Waals surface area contributed by atoms with Crippen LogP contribution in [-0.4, -0.2) is 11.2 Å². The Morgan fingerprint density at radius 2 is 1.88 bits per heavy atom. The Morgan fingerprint density at radius 1 is 1.12 bits per heavy atom. The van der Waals surface area contributed by atoms with E-state index < -0.39 is 0 Å². The van der Waals surface area contributed by atoms with Crippen LogP contribution in [0.2, 0.25) is 0 Å². The summed E-state index contributed by atoms with van der Waals surface area (Å²) in [6.45, 7) is 0. The lowest BCUT2D eigenvalue weighted by Gasteiger charge is -2.05. The molecule has 1 N–H and O–H groups in total. The molecule has 0 spiro atoms. The zero-order valence-electron chi connectivity index (χ0n) is 8.74. The number of amides is 1. The summed E-state index contributed by atoms with van der Waals surface area (Å²) in [7, 11) is 0. The minimum atomic E-state index is 0.0344. The molecule has 3 heteroatoms. The fraction of sp³-hybridized carbons (Fsp3) is 0.154. The van der Waals surface area contributed by atoms with E-state index in [0.29, 0.717) is 11.8 Å². The van der Waals surface area contributed by atoms with Crippen LogP contribution in [0.15, 0.2) is 42.5 Å². The minimum Gasteiger partial charge on any atom is -0.326 e. The van der Waals surface area contributed by atoms with Gasteiger partial charge in [0.15, 0.2) is 0 Å². The number of fused-ring (bicyclic) bond motifs is 1. The lowest BCUT2D eigenvalue weighted by molar-refractivity contribution is -0.115. The zero-order valence-corrected chi connectivity index (χ0v) is 10.3. The van der Waals surface area contributed by atoms with Gasteiger partial charge in [0.2, 0.25) is 5.91 Å². The second-order valence-corrected chi connectivity index (χ2v) is 4.34.